The lowest BCUT2D eigenvalue weighted by Crippen LogP contribution is -1.98. The Morgan fingerprint density at radius 1 is 1.12 bits per heavy atom. The third kappa shape index (κ3) is 4.48. The first kappa shape index (κ1) is 18.7. The van der Waals surface area contributed by atoms with E-state index in [4.69, 9.17) is 0 Å². The Labute approximate surface area is 159 Å². The van der Waals surface area contributed by atoms with E-state index in [-0.39, 0.29) is 5.57 Å². The predicted molar refractivity (Wildman–Crippen MR) is 101 cm³/mol. The smallest absolute Gasteiger partial charge is 0.134 e. The SMILES string of the molecule is Cc1cc(C)c(C#N)c(SCC(=C(C#N)C#N)c2ccc(Br)cc2)n1. The first-order valence-electron chi connectivity index (χ1n) is 7.30. The normalized spacial score (nSPS) is 9.60. The van der Waals surface area contributed by atoms with E-state index in [1.54, 1.807) is 0 Å². The molecule has 2 rings (SSSR count). The van der Waals surface area contributed by atoms with Gasteiger partial charge in [-0.25, -0.2) is 4.98 Å². The minimum absolute atomic E-state index is 0.0673. The van der Waals surface area contributed by atoms with Crippen LogP contribution in [0.5, 0.6) is 0 Å². The summed E-state index contributed by atoms with van der Waals surface area (Å²) >= 11 is 4.74. The molecule has 2 aromatic rings. The van der Waals surface area contributed by atoms with E-state index in [9.17, 15) is 15.8 Å². The van der Waals surface area contributed by atoms with Crippen LogP contribution in [0.1, 0.15) is 22.4 Å². The summed E-state index contributed by atoms with van der Waals surface area (Å²) in [6, 6.07) is 15.4. The number of hydrogen-bond donors (Lipinski definition) is 0. The molecule has 1 aromatic heterocycles. The fourth-order valence-electron chi connectivity index (χ4n) is 2.29. The minimum atomic E-state index is 0.0673. The highest BCUT2D eigenvalue weighted by atomic mass is 79.9. The second-order valence-corrected chi connectivity index (χ2v) is 7.12. The fourth-order valence-corrected chi connectivity index (χ4v) is 3.71. The quantitative estimate of drug-likeness (QED) is 0.528. The first-order valence-corrected chi connectivity index (χ1v) is 9.08. The number of aryl methyl sites for hydroxylation is 2. The first-order chi connectivity index (χ1) is 12.0. The van der Waals surface area contributed by atoms with Crippen molar-refractivity contribution in [2.75, 3.05) is 5.75 Å². The standard InChI is InChI=1S/C19H13BrN4S/c1-12-7-13(2)24-19(17(12)10-23)25-11-18(15(8-21)9-22)14-3-5-16(20)6-4-14/h3-7H,11H2,1-2H3. The number of hydrogen-bond acceptors (Lipinski definition) is 5. The molecule has 0 N–H and O–H groups in total. The molecular formula is C19H13BrN4S. The molecule has 0 amide bonds. The van der Waals surface area contributed by atoms with Crippen molar-refractivity contribution in [2.24, 2.45) is 0 Å². The lowest BCUT2D eigenvalue weighted by molar-refractivity contribution is 1.03. The second-order valence-electron chi connectivity index (χ2n) is 5.25. The Kier molecular flexibility index (Phi) is 6.37. The van der Waals surface area contributed by atoms with E-state index >= 15 is 0 Å². The second kappa shape index (κ2) is 8.49. The van der Waals surface area contributed by atoms with Gasteiger partial charge >= 0.3 is 0 Å². The van der Waals surface area contributed by atoms with Crippen molar-refractivity contribution < 1.29 is 0 Å². The van der Waals surface area contributed by atoms with Gasteiger partial charge < -0.3 is 0 Å². The van der Waals surface area contributed by atoms with Crippen molar-refractivity contribution in [3.8, 4) is 18.2 Å². The molecular weight excluding hydrogens is 396 g/mol. The molecule has 6 heteroatoms. The fraction of sp³-hybridized carbons (Fsp3) is 0.158. The van der Waals surface area contributed by atoms with Crippen LogP contribution < -0.4 is 0 Å². The largest absolute Gasteiger partial charge is 0.245 e. The summed E-state index contributed by atoms with van der Waals surface area (Å²) in [6.07, 6.45) is 0. The van der Waals surface area contributed by atoms with Gasteiger partial charge in [0.15, 0.2) is 0 Å². The monoisotopic (exact) mass is 408 g/mol. The summed E-state index contributed by atoms with van der Waals surface area (Å²) in [5.74, 6) is 0.378. The third-order valence-electron chi connectivity index (χ3n) is 3.49. The zero-order chi connectivity index (χ0) is 18.4. The number of nitrogens with zero attached hydrogens (tertiary/aromatic N) is 4. The Morgan fingerprint density at radius 3 is 2.32 bits per heavy atom. The molecule has 0 unspecified atom stereocenters. The van der Waals surface area contributed by atoms with Gasteiger partial charge in [0.05, 0.1) is 5.56 Å². The summed E-state index contributed by atoms with van der Waals surface area (Å²) in [5, 5.41) is 28.6. The molecule has 4 nitrogen and oxygen atoms in total. The molecule has 122 valence electrons. The number of aromatic nitrogens is 1. The lowest BCUT2D eigenvalue weighted by Gasteiger charge is -2.10. The maximum atomic E-state index is 9.38. The van der Waals surface area contributed by atoms with E-state index in [0.29, 0.717) is 21.9 Å². The highest BCUT2D eigenvalue weighted by molar-refractivity contribution is 9.10. The average molecular weight is 409 g/mol. The van der Waals surface area contributed by atoms with Gasteiger partial charge in [-0.3, -0.25) is 0 Å². The molecule has 0 aliphatic heterocycles. The van der Waals surface area contributed by atoms with Crippen LogP contribution in [0.2, 0.25) is 0 Å². The summed E-state index contributed by atoms with van der Waals surface area (Å²) in [6.45, 7) is 3.75. The van der Waals surface area contributed by atoms with Crippen LogP contribution >= 0.6 is 27.7 Å². The molecule has 1 aromatic carbocycles. The van der Waals surface area contributed by atoms with Crippen LogP contribution in [-0.4, -0.2) is 10.7 Å². The lowest BCUT2D eigenvalue weighted by atomic mass is 10.0. The molecule has 0 saturated heterocycles. The number of thioether (sulfide) groups is 1. The Hall–Kier alpha value is -2.59. The summed E-state index contributed by atoms with van der Waals surface area (Å²) in [7, 11) is 0. The summed E-state index contributed by atoms with van der Waals surface area (Å²) in [4.78, 5) is 4.44. The van der Waals surface area contributed by atoms with Crippen molar-refractivity contribution >= 4 is 33.3 Å². The van der Waals surface area contributed by atoms with Gasteiger partial charge in [0.1, 0.15) is 28.8 Å². The third-order valence-corrected chi connectivity index (χ3v) is 5.03. The van der Waals surface area contributed by atoms with E-state index in [1.807, 2.05) is 56.3 Å². The van der Waals surface area contributed by atoms with Crippen molar-refractivity contribution in [1.82, 2.24) is 4.98 Å². The molecule has 0 atom stereocenters. The number of pyridine rings is 1. The van der Waals surface area contributed by atoms with Gasteiger partial charge in [-0.15, -0.1) is 11.8 Å². The molecule has 1 heterocycles. The van der Waals surface area contributed by atoms with Crippen molar-refractivity contribution in [3.63, 3.8) is 0 Å². The van der Waals surface area contributed by atoms with Crippen LogP contribution in [0.3, 0.4) is 0 Å². The molecule has 0 bridgehead atoms. The maximum Gasteiger partial charge on any atom is 0.134 e. The maximum absolute atomic E-state index is 9.38. The molecule has 0 radical (unpaired) electrons. The van der Waals surface area contributed by atoms with E-state index in [0.717, 1.165) is 21.3 Å². The Morgan fingerprint density at radius 2 is 1.76 bits per heavy atom. The van der Waals surface area contributed by atoms with Gasteiger partial charge in [-0.2, -0.15) is 15.8 Å². The van der Waals surface area contributed by atoms with Crippen molar-refractivity contribution in [2.45, 2.75) is 18.9 Å². The highest BCUT2D eigenvalue weighted by Gasteiger charge is 2.14. The van der Waals surface area contributed by atoms with Gasteiger partial charge in [-0.1, -0.05) is 28.1 Å². The van der Waals surface area contributed by atoms with Gasteiger partial charge in [0, 0.05) is 15.9 Å². The van der Waals surface area contributed by atoms with Crippen molar-refractivity contribution in [3.05, 3.63) is 62.8 Å². The topological polar surface area (TPSA) is 84.3 Å². The molecule has 0 aliphatic carbocycles. The van der Waals surface area contributed by atoms with Gasteiger partial charge in [-0.05, 0) is 48.7 Å². The molecule has 0 spiro atoms. The number of nitriles is 3. The van der Waals surface area contributed by atoms with Crippen LogP contribution in [0.25, 0.3) is 5.57 Å². The molecule has 0 saturated carbocycles. The van der Waals surface area contributed by atoms with E-state index in [1.165, 1.54) is 11.8 Å². The van der Waals surface area contributed by atoms with Crippen LogP contribution in [0.4, 0.5) is 0 Å². The zero-order valence-corrected chi connectivity index (χ0v) is 16.1. The van der Waals surface area contributed by atoms with Crippen LogP contribution in [-0.2, 0) is 0 Å². The number of allylic oxidation sites excluding steroid dienone is 1. The minimum Gasteiger partial charge on any atom is -0.245 e. The molecule has 0 aliphatic rings. The Balaban J connectivity index is 2.43. The van der Waals surface area contributed by atoms with E-state index in [2.05, 4.69) is 27.0 Å². The highest BCUT2D eigenvalue weighted by Crippen LogP contribution is 2.30. The van der Waals surface area contributed by atoms with Crippen LogP contribution in [0.15, 0.2) is 45.4 Å². The number of benzene rings is 1. The molecule has 0 fully saturated rings. The summed E-state index contributed by atoms with van der Waals surface area (Å²) in [5.41, 5.74) is 3.73. The van der Waals surface area contributed by atoms with E-state index < -0.39 is 0 Å². The Bertz CT molecular complexity index is 941. The van der Waals surface area contributed by atoms with Crippen LogP contribution in [0, 0.1) is 47.8 Å². The predicted octanol–water partition coefficient (Wildman–Crippen LogP) is 4.93. The van der Waals surface area contributed by atoms with Gasteiger partial charge in [0.25, 0.3) is 0 Å². The average Bonchev–Trinajstić information content (AvgIpc) is 2.59. The summed E-state index contributed by atoms with van der Waals surface area (Å²) < 4.78 is 0.918. The zero-order valence-electron chi connectivity index (χ0n) is 13.7. The van der Waals surface area contributed by atoms with Crippen molar-refractivity contribution in [1.29, 1.82) is 15.8 Å². The number of halogens is 1. The molecule has 25 heavy (non-hydrogen) atoms. The number of rotatable bonds is 4. The van der Waals surface area contributed by atoms with Gasteiger partial charge in [0.2, 0.25) is 0 Å².